The molecular weight excluding hydrogens is 360 g/mol. The lowest BCUT2D eigenvalue weighted by molar-refractivity contribution is 0.0697. The molecule has 0 aliphatic heterocycles. The normalized spacial score (nSPS) is 11.3. The van der Waals surface area contributed by atoms with E-state index in [-0.39, 0.29) is 10.6 Å². The van der Waals surface area contributed by atoms with Crippen LogP contribution >= 0.6 is 11.6 Å². The van der Waals surface area contributed by atoms with Crippen molar-refractivity contribution in [1.82, 2.24) is 4.57 Å². The first-order valence-electron chi connectivity index (χ1n) is 8.61. The lowest BCUT2D eigenvalue weighted by Crippen LogP contribution is -2.02. The summed E-state index contributed by atoms with van der Waals surface area (Å²) >= 11 is 6.14. The van der Waals surface area contributed by atoms with Crippen LogP contribution in [-0.4, -0.2) is 21.9 Å². The van der Waals surface area contributed by atoms with Crippen molar-refractivity contribution in [3.8, 4) is 5.69 Å². The minimum atomic E-state index is -1.03. The van der Waals surface area contributed by atoms with Gasteiger partial charge in [-0.15, -0.1) is 0 Å². The molecule has 0 saturated heterocycles. The van der Waals surface area contributed by atoms with Gasteiger partial charge in [-0.05, 0) is 63.6 Å². The number of carbonyl (C=O) groups is 1. The molecule has 138 valence electrons. The molecule has 3 rings (SSSR count). The average molecular weight is 381 g/mol. The molecular formula is C22H21ClN2O2. The number of hydrogen-bond donors (Lipinski definition) is 1. The number of aromatic nitrogens is 1. The fraction of sp³-hybridized carbons (Fsp3) is 0.182. The van der Waals surface area contributed by atoms with E-state index in [0.29, 0.717) is 0 Å². The molecule has 0 fully saturated rings. The maximum Gasteiger partial charge on any atom is 0.337 e. The second-order valence-corrected chi connectivity index (χ2v) is 7.09. The Hall–Kier alpha value is -2.85. The van der Waals surface area contributed by atoms with Crippen LogP contribution in [0.15, 0.2) is 47.5 Å². The number of hydrogen-bond acceptors (Lipinski definition) is 2. The van der Waals surface area contributed by atoms with Gasteiger partial charge in [0.25, 0.3) is 0 Å². The Kier molecular flexibility index (Phi) is 5.19. The van der Waals surface area contributed by atoms with Gasteiger partial charge in [0, 0.05) is 28.9 Å². The van der Waals surface area contributed by atoms with Crippen LogP contribution in [0.2, 0.25) is 5.02 Å². The molecule has 1 aromatic heterocycles. The Bertz CT molecular complexity index is 1060. The van der Waals surface area contributed by atoms with Crippen molar-refractivity contribution in [2.45, 2.75) is 27.7 Å². The molecule has 0 aliphatic carbocycles. The largest absolute Gasteiger partial charge is 0.478 e. The summed E-state index contributed by atoms with van der Waals surface area (Å²) in [5.41, 5.74) is 7.26. The highest BCUT2D eigenvalue weighted by Gasteiger charge is 2.13. The fourth-order valence-electron chi connectivity index (χ4n) is 3.22. The van der Waals surface area contributed by atoms with Crippen molar-refractivity contribution in [2.24, 2.45) is 4.99 Å². The van der Waals surface area contributed by atoms with Gasteiger partial charge in [-0.25, -0.2) is 4.79 Å². The van der Waals surface area contributed by atoms with E-state index in [1.54, 1.807) is 12.1 Å². The van der Waals surface area contributed by atoms with Gasteiger partial charge in [0.15, 0.2) is 0 Å². The SMILES string of the molecule is Cc1ccc(N=Cc2cc(C)n(-c3ccc(C(=O)O)c(Cl)c3)c2C)c(C)c1. The van der Waals surface area contributed by atoms with E-state index in [9.17, 15) is 4.79 Å². The number of nitrogens with zero attached hydrogens (tertiary/aromatic N) is 2. The highest BCUT2D eigenvalue weighted by molar-refractivity contribution is 6.33. The van der Waals surface area contributed by atoms with Crippen LogP contribution in [0.3, 0.4) is 0 Å². The number of halogens is 1. The standard InChI is InChI=1S/C22H21ClN2O2/c1-13-5-8-21(14(2)9-13)24-12-17-10-15(3)25(16(17)4)18-6-7-19(22(26)27)20(23)11-18/h5-12H,1-4H3,(H,26,27). The van der Waals surface area contributed by atoms with Crippen LogP contribution in [-0.2, 0) is 0 Å². The van der Waals surface area contributed by atoms with Crippen molar-refractivity contribution < 1.29 is 9.90 Å². The van der Waals surface area contributed by atoms with Crippen LogP contribution < -0.4 is 0 Å². The molecule has 0 radical (unpaired) electrons. The van der Waals surface area contributed by atoms with E-state index in [1.165, 1.54) is 11.6 Å². The Labute approximate surface area is 163 Å². The number of aromatic carboxylic acids is 1. The molecule has 0 amide bonds. The van der Waals surface area contributed by atoms with Crippen LogP contribution in [0.25, 0.3) is 5.69 Å². The number of aryl methyl sites for hydroxylation is 3. The lowest BCUT2D eigenvalue weighted by atomic mass is 10.1. The highest BCUT2D eigenvalue weighted by atomic mass is 35.5. The first-order valence-corrected chi connectivity index (χ1v) is 8.99. The van der Waals surface area contributed by atoms with Gasteiger partial charge >= 0.3 is 5.97 Å². The Balaban J connectivity index is 1.99. The molecule has 4 nitrogen and oxygen atoms in total. The molecule has 3 aromatic rings. The predicted molar refractivity (Wildman–Crippen MR) is 110 cm³/mol. The summed E-state index contributed by atoms with van der Waals surface area (Å²) in [7, 11) is 0. The lowest BCUT2D eigenvalue weighted by Gasteiger charge is -2.11. The van der Waals surface area contributed by atoms with Crippen molar-refractivity contribution in [3.63, 3.8) is 0 Å². The molecule has 1 N–H and O–H groups in total. The second-order valence-electron chi connectivity index (χ2n) is 6.68. The molecule has 2 aromatic carbocycles. The predicted octanol–water partition coefficient (Wildman–Crippen LogP) is 5.81. The van der Waals surface area contributed by atoms with Crippen LogP contribution in [0, 0.1) is 27.7 Å². The van der Waals surface area contributed by atoms with Crippen molar-refractivity contribution in [1.29, 1.82) is 0 Å². The zero-order valence-electron chi connectivity index (χ0n) is 15.7. The van der Waals surface area contributed by atoms with E-state index in [4.69, 9.17) is 16.7 Å². The van der Waals surface area contributed by atoms with Gasteiger partial charge in [-0.3, -0.25) is 4.99 Å². The monoisotopic (exact) mass is 380 g/mol. The average Bonchev–Trinajstić information content (AvgIpc) is 2.87. The summed E-state index contributed by atoms with van der Waals surface area (Å²) in [5, 5.41) is 9.37. The van der Waals surface area contributed by atoms with Crippen molar-refractivity contribution >= 4 is 29.5 Å². The number of benzene rings is 2. The molecule has 0 aliphatic rings. The number of carboxylic acid groups (broad SMARTS) is 1. The summed E-state index contributed by atoms with van der Waals surface area (Å²) in [6.45, 7) is 8.12. The minimum absolute atomic E-state index is 0.0968. The van der Waals surface area contributed by atoms with Gasteiger partial charge < -0.3 is 9.67 Å². The van der Waals surface area contributed by atoms with E-state index >= 15 is 0 Å². The summed E-state index contributed by atoms with van der Waals surface area (Å²) in [6.07, 6.45) is 1.86. The van der Waals surface area contributed by atoms with Crippen LogP contribution in [0.4, 0.5) is 5.69 Å². The highest BCUT2D eigenvalue weighted by Crippen LogP contribution is 2.26. The topological polar surface area (TPSA) is 54.6 Å². The Morgan fingerprint density at radius 3 is 2.44 bits per heavy atom. The Morgan fingerprint density at radius 1 is 1.07 bits per heavy atom. The molecule has 0 spiro atoms. The number of carboxylic acids is 1. The summed E-state index contributed by atoms with van der Waals surface area (Å²) in [5.74, 6) is -1.03. The first kappa shape index (κ1) is 18.9. The van der Waals surface area contributed by atoms with Gasteiger partial charge in [0.05, 0.1) is 16.3 Å². The molecule has 0 atom stereocenters. The van der Waals surface area contributed by atoms with Crippen molar-refractivity contribution in [3.05, 3.63) is 81.1 Å². The number of rotatable bonds is 4. The van der Waals surface area contributed by atoms with Gasteiger partial charge in [0.1, 0.15) is 0 Å². The minimum Gasteiger partial charge on any atom is -0.478 e. The molecule has 27 heavy (non-hydrogen) atoms. The third-order valence-electron chi connectivity index (χ3n) is 4.61. The van der Waals surface area contributed by atoms with E-state index < -0.39 is 5.97 Å². The van der Waals surface area contributed by atoms with Crippen LogP contribution in [0.5, 0.6) is 0 Å². The van der Waals surface area contributed by atoms with Gasteiger partial charge in [0.2, 0.25) is 0 Å². The maximum absolute atomic E-state index is 11.2. The molecule has 1 heterocycles. The smallest absolute Gasteiger partial charge is 0.337 e. The summed E-state index contributed by atoms with van der Waals surface area (Å²) < 4.78 is 2.04. The number of aliphatic imine (C=N–C) groups is 1. The Morgan fingerprint density at radius 2 is 1.81 bits per heavy atom. The third kappa shape index (κ3) is 3.81. The molecule has 0 bridgehead atoms. The molecule has 0 saturated carbocycles. The second kappa shape index (κ2) is 7.41. The van der Waals surface area contributed by atoms with E-state index in [0.717, 1.165) is 33.9 Å². The first-order chi connectivity index (χ1) is 12.8. The van der Waals surface area contributed by atoms with E-state index in [2.05, 4.69) is 37.0 Å². The quantitative estimate of drug-likeness (QED) is 0.580. The van der Waals surface area contributed by atoms with Gasteiger partial charge in [-0.1, -0.05) is 29.3 Å². The third-order valence-corrected chi connectivity index (χ3v) is 4.92. The molecule has 5 heteroatoms. The maximum atomic E-state index is 11.2. The summed E-state index contributed by atoms with van der Waals surface area (Å²) in [4.78, 5) is 15.8. The van der Waals surface area contributed by atoms with Gasteiger partial charge in [-0.2, -0.15) is 0 Å². The molecule has 0 unspecified atom stereocenters. The van der Waals surface area contributed by atoms with Crippen molar-refractivity contribution in [2.75, 3.05) is 0 Å². The van der Waals surface area contributed by atoms with E-state index in [1.807, 2.05) is 30.7 Å². The van der Waals surface area contributed by atoms with Crippen LogP contribution in [0.1, 0.15) is 38.4 Å². The zero-order chi connectivity index (χ0) is 19.7. The fourth-order valence-corrected chi connectivity index (χ4v) is 3.48. The zero-order valence-corrected chi connectivity index (χ0v) is 16.5. The summed E-state index contributed by atoms with van der Waals surface area (Å²) in [6, 6.07) is 13.2.